The van der Waals surface area contributed by atoms with Gasteiger partial charge in [0.25, 0.3) is 0 Å². The molecule has 0 aliphatic rings. The molecule has 0 aliphatic heterocycles. The standard InChI is InChI=1S/C14H22N2O2/c1-14(2,12-7-5-4-6-8-12)16-13(17)11-15-9-10-18-3/h4-8,15H,9-11H2,1-3H3,(H,16,17). The van der Waals surface area contributed by atoms with Crippen LogP contribution in [0.25, 0.3) is 0 Å². The lowest BCUT2D eigenvalue weighted by Gasteiger charge is -2.27. The Labute approximate surface area is 109 Å². The quantitative estimate of drug-likeness (QED) is 0.717. The van der Waals surface area contributed by atoms with Crippen LogP contribution in [-0.2, 0) is 15.1 Å². The van der Waals surface area contributed by atoms with Gasteiger partial charge in [-0.25, -0.2) is 0 Å². The number of benzene rings is 1. The van der Waals surface area contributed by atoms with Gasteiger partial charge < -0.3 is 15.4 Å². The van der Waals surface area contributed by atoms with Crippen LogP contribution in [0.4, 0.5) is 0 Å². The summed E-state index contributed by atoms with van der Waals surface area (Å²) in [6.45, 7) is 5.58. The van der Waals surface area contributed by atoms with Crippen molar-refractivity contribution >= 4 is 5.91 Å². The zero-order chi connectivity index (χ0) is 13.4. The van der Waals surface area contributed by atoms with E-state index in [4.69, 9.17) is 4.74 Å². The molecule has 0 atom stereocenters. The number of amides is 1. The maximum Gasteiger partial charge on any atom is 0.234 e. The number of carbonyl (C=O) groups is 1. The molecule has 18 heavy (non-hydrogen) atoms. The van der Waals surface area contributed by atoms with Crippen LogP contribution in [-0.4, -0.2) is 32.7 Å². The van der Waals surface area contributed by atoms with E-state index in [1.165, 1.54) is 0 Å². The van der Waals surface area contributed by atoms with E-state index in [1.807, 2.05) is 44.2 Å². The van der Waals surface area contributed by atoms with Crippen molar-refractivity contribution in [3.63, 3.8) is 0 Å². The Balaban J connectivity index is 2.43. The van der Waals surface area contributed by atoms with Crippen LogP contribution in [0.1, 0.15) is 19.4 Å². The Hall–Kier alpha value is -1.39. The lowest BCUT2D eigenvalue weighted by atomic mass is 9.94. The second kappa shape index (κ2) is 7.13. The van der Waals surface area contributed by atoms with Crippen LogP contribution in [0.5, 0.6) is 0 Å². The summed E-state index contributed by atoms with van der Waals surface area (Å²) in [7, 11) is 1.64. The van der Waals surface area contributed by atoms with Crippen LogP contribution in [0, 0.1) is 0 Å². The van der Waals surface area contributed by atoms with E-state index in [-0.39, 0.29) is 11.4 Å². The van der Waals surface area contributed by atoms with E-state index in [1.54, 1.807) is 7.11 Å². The Kier molecular flexibility index (Phi) is 5.82. The predicted molar refractivity (Wildman–Crippen MR) is 72.4 cm³/mol. The lowest BCUT2D eigenvalue weighted by molar-refractivity contribution is -0.121. The monoisotopic (exact) mass is 250 g/mol. The first-order chi connectivity index (χ1) is 8.56. The second-order valence-electron chi connectivity index (χ2n) is 4.71. The summed E-state index contributed by atoms with van der Waals surface area (Å²) >= 11 is 0. The molecule has 1 rings (SSSR count). The highest BCUT2D eigenvalue weighted by atomic mass is 16.5. The van der Waals surface area contributed by atoms with Crippen molar-refractivity contribution < 1.29 is 9.53 Å². The van der Waals surface area contributed by atoms with Gasteiger partial charge in [0.1, 0.15) is 0 Å². The third-order valence-corrected chi connectivity index (χ3v) is 2.72. The van der Waals surface area contributed by atoms with E-state index in [9.17, 15) is 4.79 Å². The summed E-state index contributed by atoms with van der Waals surface area (Å²) in [5.74, 6) is -0.0139. The van der Waals surface area contributed by atoms with Gasteiger partial charge in [0, 0.05) is 13.7 Å². The minimum atomic E-state index is -0.360. The summed E-state index contributed by atoms with van der Waals surface area (Å²) in [4.78, 5) is 11.8. The van der Waals surface area contributed by atoms with Gasteiger partial charge in [0.05, 0.1) is 18.7 Å². The Morgan fingerprint density at radius 1 is 1.28 bits per heavy atom. The van der Waals surface area contributed by atoms with Gasteiger partial charge >= 0.3 is 0 Å². The van der Waals surface area contributed by atoms with Crippen molar-refractivity contribution in [3.8, 4) is 0 Å². The molecule has 0 aromatic heterocycles. The number of hydrogen-bond donors (Lipinski definition) is 2. The molecule has 0 spiro atoms. The van der Waals surface area contributed by atoms with E-state index in [2.05, 4.69) is 10.6 Å². The molecule has 2 N–H and O–H groups in total. The smallest absolute Gasteiger partial charge is 0.234 e. The van der Waals surface area contributed by atoms with Crippen molar-refractivity contribution in [3.05, 3.63) is 35.9 Å². The number of ether oxygens (including phenoxy) is 1. The number of carbonyl (C=O) groups excluding carboxylic acids is 1. The number of rotatable bonds is 7. The maximum atomic E-state index is 11.8. The molecule has 4 nitrogen and oxygen atoms in total. The topological polar surface area (TPSA) is 50.4 Å². The first-order valence-corrected chi connectivity index (χ1v) is 6.12. The van der Waals surface area contributed by atoms with Crippen LogP contribution in [0.15, 0.2) is 30.3 Å². The molecule has 100 valence electrons. The van der Waals surface area contributed by atoms with Crippen molar-refractivity contribution in [2.75, 3.05) is 26.8 Å². The van der Waals surface area contributed by atoms with Gasteiger partial charge in [0.2, 0.25) is 5.91 Å². The van der Waals surface area contributed by atoms with Crippen molar-refractivity contribution in [2.24, 2.45) is 0 Å². The normalized spacial score (nSPS) is 11.3. The maximum absolute atomic E-state index is 11.8. The van der Waals surface area contributed by atoms with Crippen LogP contribution < -0.4 is 10.6 Å². The first kappa shape index (κ1) is 14.7. The largest absolute Gasteiger partial charge is 0.383 e. The van der Waals surface area contributed by atoms with Crippen molar-refractivity contribution in [2.45, 2.75) is 19.4 Å². The average molecular weight is 250 g/mol. The van der Waals surface area contributed by atoms with Gasteiger partial charge in [-0.2, -0.15) is 0 Å². The fourth-order valence-electron chi connectivity index (χ4n) is 1.70. The van der Waals surface area contributed by atoms with E-state index >= 15 is 0 Å². The predicted octanol–water partition coefficient (Wildman–Crippen LogP) is 1.27. The highest BCUT2D eigenvalue weighted by Crippen LogP contribution is 2.18. The minimum absolute atomic E-state index is 0.0139. The molecule has 0 saturated carbocycles. The molecule has 1 aromatic rings. The fourth-order valence-corrected chi connectivity index (χ4v) is 1.70. The molecular weight excluding hydrogens is 228 g/mol. The Bertz CT molecular complexity index is 363. The first-order valence-electron chi connectivity index (χ1n) is 6.12. The second-order valence-corrected chi connectivity index (χ2v) is 4.71. The summed E-state index contributed by atoms with van der Waals surface area (Å²) in [6, 6.07) is 9.94. The molecular formula is C14H22N2O2. The third-order valence-electron chi connectivity index (χ3n) is 2.72. The number of methoxy groups -OCH3 is 1. The zero-order valence-corrected chi connectivity index (χ0v) is 11.3. The highest BCUT2D eigenvalue weighted by molar-refractivity contribution is 5.79. The summed E-state index contributed by atoms with van der Waals surface area (Å²) in [6.07, 6.45) is 0. The number of nitrogens with one attached hydrogen (secondary N) is 2. The molecule has 0 saturated heterocycles. The van der Waals surface area contributed by atoms with E-state index < -0.39 is 0 Å². The van der Waals surface area contributed by atoms with Gasteiger partial charge in [0.15, 0.2) is 0 Å². The van der Waals surface area contributed by atoms with E-state index in [0.29, 0.717) is 19.7 Å². The highest BCUT2D eigenvalue weighted by Gasteiger charge is 2.21. The molecule has 0 aliphatic carbocycles. The van der Waals surface area contributed by atoms with Crippen LogP contribution >= 0.6 is 0 Å². The average Bonchev–Trinajstić information content (AvgIpc) is 2.35. The van der Waals surface area contributed by atoms with Crippen molar-refractivity contribution in [1.29, 1.82) is 0 Å². The molecule has 0 fully saturated rings. The van der Waals surface area contributed by atoms with Gasteiger partial charge in [-0.1, -0.05) is 30.3 Å². The van der Waals surface area contributed by atoms with Crippen LogP contribution in [0.2, 0.25) is 0 Å². The zero-order valence-electron chi connectivity index (χ0n) is 11.3. The lowest BCUT2D eigenvalue weighted by Crippen LogP contribution is -2.45. The summed E-state index contributed by atoms with van der Waals surface area (Å²) < 4.78 is 4.90. The van der Waals surface area contributed by atoms with Crippen molar-refractivity contribution in [1.82, 2.24) is 10.6 Å². The molecule has 0 unspecified atom stereocenters. The SMILES string of the molecule is COCCNCC(=O)NC(C)(C)c1ccccc1. The summed E-state index contributed by atoms with van der Waals surface area (Å²) in [5.41, 5.74) is 0.733. The summed E-state index contributed by atoms with van der Waals surface area (Å²) in [5, 5.41) is 6.03. The van der Waals surface area contributed by atoms with Crippen LogP contribution in [0.3, 0.4) is 0 Å². The molecule has 4 heteroatoms. The molecule has 1 amide bonds. The van der Waals surface area contributed by atoms with Gasteiger partial charge in [-0.15, -0.1) is 0 Å². The molecule has 1 aromatic carbocycles. The van der Waals surface area contributed by atoms with E-state index in [0.717, 1.165) is 5.56 Å². The minimum Gasteiger partial charge on any atom is -0.383 e. The molecule has 0 bridgehead atoms. The Morgan fingerprint density at radius 2 is 1.94 bits per heavy atom. The fraction of sp³-hybridized carbons (Fsp3) is 0.500. The Morgan fingerprint density at radius 3 is 2.56 bits per heavy atom. The molecule has 0 heterocycles. The van der Waals surface area contributed by atoms with Gasteiger partial charge in [-0.3, -0.25) is 4.79 Å². The number of hydrogen-bond acceptors (Lipinski definition) is 3. The van der Waals surface area contributed by atoms with Gasteiger partial charge in [-0.05, 0) is 19.4 Å². The molecule has 0 radical (unpaired) electrons. The third kappa shape index (κ3) is 4.85.